The largest absolute Gasteiger partial charge is 0.494 e. The topological polar surface area (TPSA) is 24.5 Å². The van der Waals surface area contributed by atoms with Gasteiger partial charge in [0.1, 0.15) is 5.75 Å². The minimum absolute atomic E-state index is 0.406. The minimum atomic E-state index is 0.406. The molecule has 1 saturated heterocycles. The van der Waals surface area contributed by atoms with Gasteiger partial charge in [-0.05, 0) is 70.4 Å². The second kappa shape index (κ2) is 8.40. The summed E-state index contributed by atoms with van der Waals surface area (Å²) in [7, 11) is 0. The average molecular weight is 290 g/mol. The smallest absolute Gasteiger partial charge is 0.119 e. The number of piperidine rings is 1. The monoisotopic (exact) mass is 290 g/mol. The van der Waals surface area contributed by atoms with Crippen molar-refractivity contribution in [3.05, 3.63) is 29.8 Å². The van der Waals surface area contributed by atoms with Crippen molar-refractivity contribution in [1.29, 1.82) is 0 Å². The van der Waals surface area contributed by atoms with Gasteiger partial charge in [0.25, 0.3) is 0 Å². The molecule has 1 heterocycles. The molecule has 0 spiro atoms. The number of ether oxygens (including phenoxy) is 1. The number of hydrogen-bond acceptors (Lipinski definition) is 3. The van der Waals surface area contributed by atoms with E-state index >= 15 is 0 Å². The van der Waals surface area contributed by atoms with E-state index in [9.17, 15) is 0 Å². The van der Waals surface area contributed by atoms with Crippen LogP contribution in [0, 0.1) is 0 Å². The molecule has 0 aromatic heterocycles. The summed E-state index contributed by atoms with van der Waals surface area (Å²) in [4.78, 5) is 2.58. The third-order valence-electron chi connectivity index (χ3n) is 4.30. The van der Waals surface area contributed by atoms with Crippen molar-refractivity contribution in [2.75, 3.05) is 26.2 Å². The van der Waals surface area contributed by atoms with Crippen molar-refractivity contribution >= 4 is 0 Å². The van der Waals surface area contributed by atoms with E-state index < -0.39 is 0 Å². The van der Waals surface area contributed by atoms with Crippen molar-refractivity contribution in [3.8, 4) is 5.75 Å². The number of nitrogens with zero attached hydrogens (tertiary/aromatic N) is 1. The van der Waals surface area contributed by atoms with E-state index in [0.29, 0.717) is 12.1 Å². The maximum atomic E-state index is 5.50. The molecule has 2 rings (SSSR count). The zero-order valence-corrected chi connectivity index (χ0v) is 13.8. The second-order valence-electron chi connectivity index (χ2n) is 6.01. The highest BCUT2D eigenvalue weighted by molar-refractivity contribution is 5.29. The van der Waals surface area contributed by atoms with Crippen LogP contribution >= 0.6 is 0 Å². The first-order valence-electron chi connectivity index (χ1n) is 8.44. The van der Waals surface area contributed by atoms with Gasteiger partial charge in [-0.15, -0.1) is 0 Å². The zero-order valence-electron chi connectivity index (χ0n) is 13.8. The standard InChI is InChI=1S/C18H30N2O/c1-4-12-20-13-10-17(11-14-20)19-15(3)16-6-8-18(9-7-16)21-5-2/h6-9,15,17,19H,4-5,10-14H2,1-3H3. The number of hydrogen-bond donors (Lipinski definition) is 1. The molecule has 21 heavy (non-hydrogen) atoms. The fourth-order valence-electron chi connectivity index (χ4n) is 3.11. The molecular weight excluding hydrogens is 260 g/mol. The molecule has 1 atom stereocenters. The molecule has 0 radical (unpaired) electrons. The molecule has 1 aromatic rings. The van der Waals surface area contributed by atoms with Crippen LogP contribution in [0.2, 0.25) is 0 Å². The Bertz CT molecular complexity index is 396. The van der Waals surface area contributed by atoms with Crippen molar-refractivity contribution in [3.63, 3.8) is 0 Å². The summed E-state index contributed by atoms with van der Waals surface area (Å²) < 4.78 is 5.50. The molecule has 1 aliphatic heterocycles. The number of rotatable bonds is 7. The summed E-state index contributed by atoms with van der Waals surface area (Å²) in [5.74, 6) is 0.960. The Balaban J connectivity index is 1.80. The van der Waals surface area contributed by atoms with Crippen molar-refractivity contribution in [2.45, 2.75) is 52.1 Å². The van der Waals surface area contributed by atoms with Gasteiger partial charge in [-0.2, -0.15) is 0 Å². The summed E-state index contributed by atoms with van der Waals surface area (Å²) >= 11 is 0. The summed E-state index contributed by atoms with van der Waals surface area (Å²) in [6.45, 7) is 11.0. The molecule has 0 bridgehead atoms. The predicted octanol–water partition coefficient (Wildman–Crippen LogP) is 3.61. The SMILES string of the molecule is CCCN1CCC(NC(C)c2ccc(OCC)cc2)CC1. The van der Waals surface area contributed by atoms with Crippen LogP contribution in [0.4, 0.5) is 0 Å². The summed E-state index contributed by atoms with van der Waals surface area (Å²) in [6.07, 6.45) is 3.80. The maximum absolute atomic E-state index is 5.50. The van der Waals surface area contributed by atoms with Crippen molar-refractivity contribution in [1.82, 2.24) is 10.2 Å². The number of benzene rings is 1. The molecule has 118 valence electrons. The summed E-state index contributed by atoms with van der Waals surface area (Å²) in [5, 5.41) is 3.78. The first kappa shape index (κ1) is 16.3. The Kier molecular flexibility index (Phi) is 6.52. The second-order valence-corrected chi connectivity index (χ2v) is 6.01. The van der Waals surface area contributed by atoms with E-state index in [0.717, 1.165) is 12.4 Å². The van der Waals surface area contributed by atoms with Gasteiger partial charge in [0.2, 0.25) is 0 Å². The highest BCUT2D eigenvalue weighted by Crippen LogP contribution is 2.20. The van der Waals surface area contributed by atoms with Crippen LogP contribution in [-0.2, 0) is 0 Å². The quantitative estimate of drug-likeness (QED) is 0.830. The van der Waals surface area contributed by atoms with Crippen molar-refractivity contribution in [2.24, 2.45) is 0 Å². The average Bonchev–Trinajstić information content (AvgIpc) is 2.50. The van der Waals surface area contributed by atoms with Crippen LogP contribution in [0.25, 0.3) is 0 Å². The lowest BCUT2D eigenvalue weighted by Crippen LogP contribution is -2.43. The first-order valence-corrected chi connectivity index (χ1v) is 8.44. The van der Waals surface area contributed by atoms with Crippen LogP contribution in [0.1, 0.15) is 51.6 Å². The molecule has 0 saturated carbocycles. The predicted molar refractivity (Wildman–Crippen MR) is 88.9 cm³/mol. The van der Waals surface area contributed by atoms with Gasteiger partial charge >= 0.3 is 0 Å². The molecule has 1 aliphatic rings. The molecule has 1 fully saturated rings. The van der Waals surface area contributed by atoms with Gasteiger partial charge in [0, 0.05) is 12.1 Å². The van der Waals surface area contributed by atoms with Gasteiger partial charge in [0.05, 0.1) is 6.61 Å². The molecule has 3 heteroatoms. The van der Waals surface area contributed by atoms with E-state index in [4.69, 9.17) is 4.74 Å². The van der Waals surface area contributed by atoms with Crippen LogP contribution in [0.5, 0.6) is 5.75 Å². The maximum Gasteiger partial charge on any atom is 0.119 e. The number of nitrogens with one attached hydrogen (secondary N) is 1. The Morgan fingerprint density at radius 2 is 1.86 bits per heavy atom. The zero-order chi connectivity index (χ0) is 15.1. The molecule has 3 nitrogen and oxygen atoms in total. The van der Waals surface area contributed by atoms with E-state index in [1.54, 1.807) is 0 Å². The van der Waals surface area contributed by atoms with E-state index in [-0.39, 0.29) is 0 Å². The van der Waals surface area contributed by atoms with Crippen LogP contribution in [0.15, 0.2) is 24.3 Å². The third-order valence-corrected chi connectivity index (χ3v) is 4.30. The lowest BCUT2D eigenvalue weighted by molar-refractivity contribution is 0.192. The van der Waals surface area contributed by atoms with Crippen molar-refractivity contribution < 1.29 is 4.74 Å². The van der Waals surface area contributed by atoms with Gasteiger partial charge in [-0.3, -0.25) is 0 Å². The third kappa shape index (κ3) is 5.01. The highest BCUT2D eigenvalue weighted by Gasteiger charge is 2.20. The minimum Gasteiger partial charge on any atom is -0.494 e. The van der Waals surface area contributed by atoms with Crippen LogP contribution < -0.4 is 10.1 Å². The van der Waals surface area contributed by atoms with E-state index in [1.165, 1.54) is 44.5 Å². The Hall–Kier alpha value is -1.06. The molecule has 1 unspecified atom stereocenters. The normalized spacial score (nSPS) is 18.6. The Morgan fingerprint density at radius 1 is 1.19 bits per heavy atom. The molecule has 1 aromatic carbocycles. The first-order chi connectivity index (χ1) is 10.2. The van der Waals surface area contributed by atoms with Crippen LogP contribution in [0.3, 0.4) is 0 Å². The molecule has 0 amide bonds. The number of likely N-dealkylation sites (tertiary alicyclic amines) is 1. The Labute approximate surface area is 129 Å². The fourth-order valence-corrected chi connectivity index (χ4v) is 3.11. The van der Waals surface area contributed by atoms with Gasteiger partial charge in [0.15, 0.2) is 0 Å². The van der Waals surface area contributed by atoms with Crippen LogP contribution in [-0.4, -0.2) is 37.2 Å². The molecule has 1 N–H and O–H groups in total. The van der Waals surface area contributed by atoms with Gasteiger partial charge in [-0.1, -0.05) is 19.1 Å². The van der Waals surface area contributed by atoms with E-state index in [2.05, 4.69) is 48.3 Å². The highest BCUT2D eigenvalue weighted by atomic mass is 16.5. The molecule has 0 aliphatic carbocycles. The fraction of sp³-hybridized carbons (Fsp3) is 0.667. The van der Waals surface area contributed by atoms with Gasteiger partial charge in [-0.25, -0.2) is 0 Å². The van der Waals surface area contributed by atoms with Gasteiger partial charge < -0.3 is 15.0 Å². The summed E-state index contributed by atoms with van der Waals surface area (Å²) in [5.41, 5.74) is 1.34. The van der Waals surface area contributed by atoms with E-state index in [1.807, 2.05) is 6.92 Å². The Morgan fingerprint density at radius 3 is 2.43 bits per heavy atom. The lowest BCUT2D eigenvalue weighted by atomic mass is 10.0. The molecular formula is C18H30N2O. The lowest BCUT2D eigenvalue weighted by Gasteiger charge is -2.33. The summed E-state index contributed by atoms with van der Waals surface area (Å²) in [6, 6.07) is 9.55.